The monoisotopic (exact) mass is 273 g/mol. The number of carbonyl (C=O) groups is 2. The van der Waals surface area contributed by atoms with Crippen LogP contribution in [0.1, 0.15) is 26.2 Å². The molecule has 0 aliphatic carbocycles. The van der Waals surface area contributed by atoms with Crippen molar-refractivity contribution in [3.8, 4) is 0 Å². The number of Topliss-reactive ketones (excluding diaryl/α,β-unsaturated/α-hetero) is 1. The maximum absolute atomic E-state index is 12.0. The molecule has 5 heteroatoms. The summed E-state index contributed by atoms with van der Waals surface area (Å²) in [4.78, 5) is 25.6. The molecular weight excluding hydrogens is 254 g/mol. The average Bonchev–Trinajstić information content (AvgIpc) is 2.53. The van der Waals surface area contributed by atoms with Gasteiger partial charge in [0.05, 0.1) is 5.69 Å². The molecule has 5 nitrogen and oxygen atoms in total. The van der Waals surface area contributed by atoms with Gasteiger partial charge in [0.2, 0.25) is 0 Å². The molecule has 0 radical (unpaired) electrons. The summed E-state index contributed by atoms with van der Waals surface area (Å²) in [7, 11) is 0. The van der Waals surface area contributed by atoms with Crippen LogP contribution in [0.15, 0.2) is 35.4 Å². The minimum atomic E-state index is -0.532. The molecule has 1 fully saturated rings. The first-order valence-electron chi connectivity index (χ1n) is 6.87. The van der Waals surface area contributed by atoms with E-state index in [1.807, 2.05) is 30.3 Å². The van der Waals surface area contributed by atoms with Gasteiger partial charge in [0.25, 0.3) is 11.7 Å². The lowest BCUT2D eigenvalue weighted by atomic mass is 10.1. The highest BCUT2D eigenvalue weighted by Crippen LogP contribution is 2.09. The van der Waals surface area contributed by atoms with E-state index in [1.54, 1.807) is 11.8 Å². The molecule has 0 bridgehead atoms. The number of anilines is 1. The van der Waals surface area contributed by atoms with Crippen LogP contribution in [0.5, 0.6) is 0 Å². The van der Waals surface area contributed by atoms with E-state index in [0.29, 0.717) is 13.1 Å². The van der Waals surface area contributed by atoms with Crippen LogP contribution in [0.4, 0.5) is 5.69 Å². The molecule has 0 spiro atoms. The van der Waals surface area contributed by atoms with Crippen molar-refractivity contribution in [2.75, 3.05) is 18.5 Å². The third-order valence-corrected chi connectivity index (χ3v) is 3.29. The predicted octanol–water partition coefficient (Wildman–Crippen LogP) is 2.06. The maximum Gasteiger partial charge on any atom is 0.296 e. The van der Waals surface area contributed by atoms with Crippen LogP contribution < -0.4 is 5.43 Å². The van der Waals surface area contributed by atoms with E-state index in [1.165, 1.54) is 0 Å². The summed E-state index contributed by atoms with van der Waals surface area (Å²) in [6.07, 6.45) is 3.07. The van der Waals surface area contributed by atoms with Crippen molar-refractivity contribution in [1.82, 2.24) is 4.90 Å². The van der Waals surface area contributed by atoms with Crippen molar-refractivity contribution in [2.24, 2.45) is 5.10 Å². The van der Waals surface area contributed by atoms with E-state index in [0.717, 1.165) is 24.9 Å². The fraction of sp³-hybridized carbons (Fsp3) is 0.400. The van der Waals surface area contributed by atoms with Gasteiger partial charge in [-0.3, -0.25) is 15.0 Å². The van der Waals surface area contributed by atoms with Gasteiger partial charge in [-0.25, -0.2) is 0 Å². The van der Waals surface area contributed by atoms with Crippen molar-refractivity contribution in [3.05, 3.63) is 30.3 Å². The highest BCUT2D eigenvalue weighted by molar-refractivity contribution is 6.64. The molecule has 1 aromatic carbocycles. The van der Waals surface area contributed by atoms with Crippen molar-refractivity contribution in [3.63, 3.8) is 0 Å². The summed E-state index contributed by atoms with van der Waals surface area (Å²) in [5.41, 5.74) is 3.75. The fourth-order valence-electron chi connectivity index (χ4n) is 2.11. The van der Waals surface area contributed by atoms with Crippen LogP contribution in [0.2, 0.25) is 0 Å². The number of benzene rings is 1. The summed E-state index contributed by atoms with van der Waals surface area (Å²) in [6, 6.07) is 9.32. The molecule has 0 saturated carbocycles. The summed E-state index contributed by atoms with van der Waals surface area (Å²) in [5.74, 6) is -0.976. The van der Waals surface area contributed by atoms with Gasteiger partial charge in [0.1, 0.15) is 5.71 Å². The number of nitrogens with zero attached hydrogens (tertiary/aromatic N) is 2. The number of hydrogen-bond donors (Lipinski definition) is 1. The first kappa shape index (κ1) is 14.2. The topological polar surface area (TPSA) is 61.8 Å². The minimum absolute atomic E-state index is 0.185. The Bertz CT molecular complexity index is 505. The number of hydrazone groups is 1. The normalized spacial score (nSPS) is 15.8. The molecule has 20 heavy (non-hydrogen) atoms. The summed E-state index contributed by atoms with van der Waals surface area (Å²) < 4.78 is 0. The van der Waals surface area contributed by atoms with Gasteiger partial charge in [0, 0.05) is 13.1 Å². The van der Waals surface area contributed by atoms with Crippen molar-refractivity contribution in [1.29, 1.82) is 0 Å². The molecule has 2 rings (SSSR count). The van der Waals surface area contributed by atoms with Crippen LogP contribution in [0, 0.1) is 0 Å². The minimum Gasteiger partial charge on any atom is -0.336 e. The molecule has 1 saturated heterocycles. The van der Waals surface area contributed by atoms with Gasteiger partial charge < -0.3 is 4.90 Å². The van der Waals surface area contributed by atoms with Crippen LogP contribution in [0.25, 0.3) is 0 Å². The molecule has 0 unspecified atom stereocenters. The van der Waals surface area contributed by atoms with Crippen LogP contribution in [-0.4, -0.2) is 35.4 Å². The first-order chi connectivity index (χ1) is 9.68. The number of rotatable bonds is 4. The number of likely N-dealkylation sites (tertiary alicyclic amines) is 1. The van der Waals surface area contributed by atoms with E-state index >= 15 is 0 Å². The van der Waals surface area contributed by atoms with Gasteiger partial charge in [0.15, 0.2) is 0 Å². The Morgan fingerprint density at radius 3 is 2.40 bits per heavy atom. The largest absolute Gasteiger partial charge is 0.336 e. The number of amides is 1. The maximum atomic E-state index is 12.0. The van der Waals surface area contributed by atoms with E-state index in [4.69, 9.17) is 0 Å². The molecule has 1 N–H and O–H groups in total. The average molecular weight is 273 g/mol. The lowest BCUT2D eigenvalue weighted by Crippen LogP contribution is -2.42. The Labute approximate surface area is 118 Å². The van der Waals surface area contributed by atoms with Crippen LogP contribution >= 0.6 is 0 Å². The zero-order chi connectivity index (χ0) is 14.4. The second-order valence-electron chi connectivity index (χ2n) is 4.86. The van der Waals surface area contributed by atoms with Crippen LogP contribution in [-0.2, 0) is 9.59 Å². The number of para-hydroxylation sites is 1. The summed E-state index contributed by atoms with van der Waals surface area (Å²) in [5, 5.41) is 3.98. The third kappa shape index (κ3) is 3.66. The Kier molecular flexibility index (Phi) is 4.87. The van der Waals surface area contributed by atoms with Crippen molar-refractivity contribution >= 4 is 23.1 Å². The number of piperidine rings is 1. The number of hydrogen-bond acceptors (Lipinski definition) is 4. The lowest BCUT2D eigenvalue weighted by molar-refractivity contribution is -0.142. The van der Waals surface area contributed by atoms with Crippen LogP contribution in [0.3, 0.4) is 0 Å². The lowest BCUT2D eigenvalue weighted by Gasteiger charge is -2.25. The third-order valence-electron chi connectivity index (χ3n) is 3.29. The van der Waals surface area contributed by atoms with E-state index in [-0.39, 0.29) is 5.71 Å². The second-order valence-corrected chi connectivity index (χ2v) is 4.86. The molecule has 1 heterocycles. The zero-order valence-electron chi connectivity index (χ0n) is 11.6. The molecule has 1 aromatic rings. The quantitative estimate of drug-likeness (QED) is 0.519. The van der Waals surface area contributed by atoms with Gasteiger partial charge >= 0.3 is 0 Å². The molecule has 0 atom stereocenters. The van der Waals surface area contributed by atoms with Gasteiger partial charge in [-0.1, -0.05) is 18.2 Å². The number of ketones is 1. The van der Waals surface area contributed by atoms with Gasteiger partial charge in [-0.05, 0) is 38.3 Å². The molecule has 1 aliphatic rings. The Hall–Kier alpha value is -2.17. The predicted molar refractivity (Wildman–Crippen MR) is 78.6 cm³/mol. The Morgan fingerprint density at radius 1 is 1.10 bits per heavy atom. The van der Waals surface area contributed by atoms with E-state index < -0.39 is 11.7 Å². The molecule has 1 aliphatic heterocycles. The first-order valence-corrected chi connectivity index (χ1v) is 6.87. The van der Waals surface area contributed by atoms with E-state index in [2.05, 4.69) is 10.5 Å². The van der Waals surface area contributed by atoms with Gasteiger partial charge in [-0.15, -0.1) is 0 Å². The van der Waals surface area contributed by atoms with Gasteiger partial charge in [-0.2, -0.15) is 5.10 Å². The fourth-order valence-corrected chi connectivity index (χ4v) is 2.11. The van der Waals surface area contributed by atoms with E-state index in [9.17, 15) is 9.59 Å². The molecule has 106 valence electrons. The van der Waals surface area contributed by atoms with Crippen molar-refractivity contribution < 1.29 is 9.59 Å². The molecule has 0 aromatic heterocycles. The van der Waals surface area contributed by atoms with Crippen molar-refractivity contribution in [2.45, 2.75) is 26.2 Å². The second kappa shape index (κ2) is 6.84. The number of carbonyl (C=O) groups excluding carboxylic acids is 2. The Morgan fingerprint density at radius 2 is 1.75 bits per heavy atom. The number of nitrogens with one attached hydrogen (secondary N) is 1. The highest BCUT2D eigenvalue weighted by atomic mass is 16.2. The molecule has 1 amide bonds. The summed E-state index contributed by atoms with van der Waals surface area (Å²) in [6.45, 7) is 2.90. The smallest absolute Gasteiger partial charge is 0.296 e. The standard InChI is InChI=1S/C15H19N3O2/c1-12(16-17-13-8-4-2-5-9-13)14(19)15(20)18-10-6-3-7-11-18/h2,4-5,8-9,17H,3,6-7,10-11H2,1H3/b16-12+. The summed E-state index contributed by atoms with van der Waals surface area (Å²) >= 11 is 0. The molecular formula is C15H19N3O2. The highest BCUT2D eigenvalue weighted by Gasteiger charge is 2.25. The SMILES string of the molecule is C/C(=N\Nc1ccccc1)C(=O)C(=O)N1CCCCC1. The Balaban J connectivity index is 1.95. The zero-order valence-corrected chi connectivity index (χ0v) is 11.6.